The summed E-state index contributed by atoms with van der Waals surface area (Å²) in [6.45, 7) is 6.80. The molecule has 2 aromatic rings. The number of carbonyl (C=O) groups excluding carboxylic acids is 9. The van der Waals surface area contributed by atoms with Gasteiger partial charge in [-0.3, -0.25) is 28.8 Å². The number of hydrogen-bond donors (Lipinski definition) is 6. The lowest BCUT2D eigenvalue weighted by Crippen LogP contribution is -2.56. The van der Waals surface area contributed by atoms with E-state index in [0.29, 0.717) is 34.7 Å². The van der Waals surface area contributed by atoms with E-state index in [4.69, 9.17) is 20.0 Å². The standard InChI is InChI=1S/C40H53N7O12/c1-25(43-31(48)14-10-15-34(51)59-47-32(49)20-21-33(47)50)35(52)46-30(23-26-11-6-5-7-12-26)37(54)45-29(13-8-9-22-42-39(56)58-40(2,3)4)36(53)44-28-18-16-27(17-19-28)24-57-38(41)55/h5-7,11-12,16-19,25,29-30H,8-10,13-15,20-24H2,1-4H3,(H2,41,55)(H,42,56)(H,43,48)(H,44,53)(H,45,54)(H,46,52)/t25-,29+,30+/m1/s1. The number of hydroxylamine groups is 2. The molecule has 0 radical (unpaired) electrons. The van der Waals surface area contributed by atoms with Crippen LogP contribution >= 0.6 is 0 Å². The SMILES string of the molecule is C[C@@H](NC(=O)CCCC(=O)ON1C(=O)CCC1=O)C(=O)N[C@@H](Cc1ccccc1)C(=O)N[C@@H](CCCCNC(=O)OC(C)(C)C)C(=O)Nc1ccc(COC(N)=O)cc1. The van der Waals surface area contributed by atoms with Gasteiger partial charge in [0, 0.05) is 44.3 Å². The van der Waals surface area contributed by atoms with E-state index < -0.39 is 77.3 Å². The monoisotopic (exact) mass is 823 g/mol. The van der Waals surface area contributed by atoms with Gasteiger partial charge in [0.25, 0.3) is 11.8 Å². The minimum absolute atomic E-state index is 0.00262. The van der Waals surface area contributed by atoms with Crippen LogP contribution in [0.2, 0.25) is 0 Å². The highest BCUT2D eigenvalue weighted by atomic mass is 16.7. The molecule has 0 aliphatic carbocycles. The predicted molar refractivity (Wildman–Crippen MR) is 210 cm³/mol. The van der Waals surface area contributed by atoms with Gasteiger partial charge < -0.3 is 46.6 Å². The van der Waals surface area contributed by atoms with Gasteiger partial charge in [0.2, 0.25) is 23.6 Å². The van der Waals surface area contributed by atoms with Gasteiger partial charge in [-0.2, -0.15) is 0 Å². The Bertz CT molecular complexity index is 1800. The number of alkyl carbamates (subject to hydrolysis) is 1. The molecule has 1 aliphatic heterocycles. The molecule has 19 nitrogen and oxygen atoms in total. The van der Waals surface area contributed by atoms with E-state index in [2.05, 4.69) is 26.6 Å². The van der Waals surface area contributed by atoms with Crippen LogP contribution in [0.1, 0.15) is 90.2 Å². The minimum Gasteiger partial charge on any atom is -0.445 e. The van der Waals surface area contributed by atoms with E-state index in [1.807, 2.05) is 0 Å². The third-order valence-electron chi connectivity index (χ3n) is 8.49. The van der Waals surface area contributed by atoms with Gasteiger partial charge in [-0.25, -0.2) is 14.4 Å². The van der Waals surface area contributed by atoms with Gasteiger partial charge in [-0.15, -0.1) is 5.06 Å². The molecule has 1 saturated heterocycles. The quantitative estimate of drug-likeness (QED) is 0.0783. The van der Waals surface area contributed by atoms with Crippen molar-refractivity contribution in [3.05, 3.63) is 65.7 Å². The highest BCUT2D eigenvalue weighted by Gasteiger charge is 2.33. The second-order valence-corrected chi connectivity index (χ2v) is 14.7. The van der Waals surface area contributed by atoms with Gasteiger partial charge in [-0.05, 0) is 76.6 Å². The fourth-order valence-electron chi connectivity index (χ4n) is 5.52. The molecule has 0 spiro atoms. The van der Waals surface area contributed by atoms with E-state index in [0.717, 1.165) is 0 Å². The zero-order valence-corrected chi connectivity index (χ0v) is 33.6. The maximum Gasteiger partial charge on any atom is 0.407 e. The molecule has 0 aromatic heterocycles. The van der Waals surface area contributed by atoms with E-state index in [1.54, 1.807) is 75.4 Å². The number of nitrogens with zero attached hydrogens (tertiary/aromatic N) is 1. The number of primary amides is 1. The van der Waals surface area contributed by atoms with Crippen LogP contribution in [-0.4, -0.2) is 88.9 Å². The molecular weight excluding hydrogens is 770 g/mol. The zero-order valence-electron chi connectivity index (χ0n) is 33.6. The number of carbonyl (C=O) groups is 9. The number of benzene rings is 2. The van der Waals surface area contributed by atoms with Gasteiger partial charge in [0.1, 0.15) is 30.3 Å². The lowest BCUT2D eigenvalue weighted by molar-refractivity contribution is -0.197. The van der Waals surface area contributed by atoms with Crippen LogP contribution in [0, 0.1) is 0 Å². The Morgan fingerprint density at radius 2 is 1.41 bits per heavy atom. The summed E-state index contributed by atoms with van der Waals surface area (Å²) in [5.74, 6) is -4.63. The lowest BCUT2D eigenvalue weighted by atomic mass is 10.0. The fraction of sp³-hybridized carbons (Fsp3) is 0.475. The molecule has 3 rings (SSSR count). The van der Waals surface area contributed by atoms with Crippen LogP contribution < -0.4 is 32.3 Å². The Balaban J connectivity index is 1.66. The molecule has 1 fully saturated rings. The van der Waals surface area contributed by atoms with Crippen molar-refractivity contribution in [1.82, 2.24) is 26.3 Å². The molecule has 3 atom stereocenters. The van der Waals surface area contributed by atoms with Crippen LogP contribution in [0.4, 0.5) is 15.3 Å². The number of ether oxygens (including phenoxy) is 2. The van der Waals surface area contributed by atoms with Crippen LogP contribution in [0.5, 0.6) is 0 Å². The molecule has 0 bridgehead atoms. The molecule has 7 N–H and O–H groups in total. The predicted octanol–water partition coefficient (Wildman–Crippen LogP) is 2.41. The first-order chi connectivity index (χ1) is 27.9. The van der Waals surface area contributed by atoms with E-state index in [-0.39, 0.29) is 58.1 Å². The Morgan fingerprint density at radius 1 is 0.763 bits per heavy atom. The zero-order chi connectivity index (χ0) is 43.5. The number of amides is 8. The number of unbranched alkanes of at least 4 members (excludes halogenated alkanes) is 1. The first kappa shape index (κ1) is 46.8. The third-order valence-corrected chi connectivity index (χ3v) is 8.49. The molecular formula is C40H53N7O12. The van der Waals surface area contributed by atoms with Gasteiger partial charge in [-0.1, -0.05) is 42.5 Å². The smallest absolute Gasteiger partial charge is 0.407 e. The topological polar surface area (TPSA) is 271 Å². The normalized spacial score (nSPS) is 13.9. The molecule has 0 saturated carbocycles. The van der Waals surface area contributed by atoms with Crippen molar-refractivity contribution in [2.75, 3.05) is 11.9 Å². The lowest BCUT2D eigenvalue weighted by Gasteiger charge is -2.25. The maximum absolute atomic E-state index is 13.9. The van der Waals surface area contributed by atoms with Crippen molar-refractivity contribution >= 4 is 59.3 Å². The maximum atomic E-state index is 13.9. The molecule has 320 valence electrons. The first-order valence-electron chi connectivity index (χ1n) is 19.2. The molecule has 19 heteroatoms. The largest absolute Gasteiger partial charge is 0.445 e. The Hall–Kier alpha value is -6.53. The average molecular weight is 824 g/mol. The molecule has 8 amide bonds. The average Bonchev–Trinajstić information content (AvgIpc) is 3.48. The Morgan fingerprint density at radius 3 is 2.03 bits per heavy atom. The second-order valence-electron chi connectivity index (χ2n) is 14.7. The van der Waals surface area contributed by atoms with Crippen LogP contribution in [0.15, 0.2) is 54.6 Å². The van der Waals surface area contributed by atoms with Crippen molar-refractivity contribution < 1.29 is 57.5 Å². The van der Waals surface area contributed by atoms with E-state index in [1.165, 1.54) is 6.92 Å². The summed E-state index contributed by atoms with van der Waals surface area (Å²) in [7, 11) is 0. The minimum atomic E-state index is -1.19. The molecule has 2 aromatic carbocycles. The highest BCUT2D eigenvalue weighted by Crippen LogP contribution is 2.15. The van der Waals surface area contributed by atoms with Gasteiger partial charge in [0.05, 0.1) is 0 Å². The fourth-order valence-corrected chi connectivity index (χ4v) is 5.52. The molecule has 1 heterocycles. The van der Waals surface area contributed by atoms with Crippen LogP contribution in [-0.2, 0) is 60.9 Å². The number of hydrogen-bond acceptors (Lipinski definition) is 12. The summed E-state index contributed by atoms with van der Waals surface area (Å²) in [6.07, 6.45) is -1.07. The van der Waals surface area contributed by atoms with Crippen molar-refractivity contribution in [2.45, 2.75) is 116 Å². The highest BCUT2D eigenvalue weighted by molar-refractivity contribution is 6.01. The first-order valence-corrected chi connectivity index (χ1v) is 19.2. The van der Waals surface area contributed by atoms with Gasteiger partial charge >= 0.3 is 18.2 Å². The van der Waals surface area contributed by atoms with Crippen LogP contribution in [0.3, 0.4) is 0 Å². The number of imide groups is 1. The second kappa shape index (κ2) is 23.0. The third kappa shape index (κ3) is 17.7. The number of nitrogens with two attached hydrogens (primary N) is 1. The molecule has 59 heavy (non-hydrogen) atoms. The van der Waals surface area contributed by atoms with Crippen molar-refractivity contribution in [3.8, 4) is 0 Å². The summed E-state index contributed by atoms with van der Waals surface area (Å²) < 4.78 is 10.1. The summed E-state index contributed by atoms with van der Waals surface area (Å²) in [4.78, 5) is 117. The number of rotatable bonds is 21. The Kier molecular flexibility index (Phi) is 18.3. The summed E-state index contributed by atoms with van der Waals surface area (Å²) in [5.41, 5.74) is 6.05. The number of anilines is 1. The van der Waals surface area contributed by atoms with E-state index >= 15 is 0 Å². The Labute approximate surface area is 341 Å². The number of nitrogens with one attached hydrogen (secondary N) is 5. The van der Waals surface area contributed by atoms with Crippen molar-refractivity contribution in [2.24, 2.45) is 5.73 Å². The summed E-state index contributed by atoms with van der Waals surface area (Å²) in [5, 5.41) is 13.8. The van der Waals surface area contributed by atoms with Crippen LogP contribution in [0.25, 0.3) is 0 Å². The van der Waals surface area contributed by atoms with Crippen molar-refractivity contribution in [3.63, 3.8) is 0 Å². The molecule has 0 unspecified atom stereocenters. The van der Waals surface area contributed by atoms with E-state index in [9.17, 15) is 43.2 Å². The summed E-state index contributed by atoms with van der Waals surface area (Å²) in [6, 6.07) is 11.8. The molecule has 1 aliphatic rings. The summed E-state index contributed by atoms with van der Waals surface area (Å²) >= 11 is 0. The van der Waals surface area contributed by atoms with Crippen molar-refractivity contribution in [1.29, 1.82) is 0 Å². The van der Waals surface area contributed by atoms with Gasteiger partial charge in [0.15, 0.2) is 0 Å².